The van der Waals surface area contributed by atoms with Crippen molar-refractivity contribution < 1.29 is 13.2 Å². The van der Waals surface area contributed by atoms with Crippen molar-refractivity contribution in [3.63, 3.8) is 0 Å². The van der Waals surface area contributed by atoms with E-state index >= 15 is 0 Å². The monoisotopic (exact) mass is 478 g/mol. The van der Waals surface area contributed by atoms with Crippen molar-refractivity contribution in [1.29, 1.82) is 0 Å². The molecule has 1 aliphatic heterocycles. The fourth-order valence-corrected chi connectivity index (χ4v) is 5.31. The van der Waals surface area contributed by atoms with Crippen LogP contribution in [0.15, 0.2) is 64.0 Å². The number of carbonyl (C=O) groups is 1. The van der Waals surface area contributed by atoms with Crippen LogP contribution in [-0.2, 0) is 21.2 Å². The number of hydrogen-bond acceptors (Lipinski definition) is 3. The number of rotatable bonds is 7. The number of sulfonamides is 1. The van der Waals surface area contributed by atoms with Crippen LogP contribution >= 0.6 is 15.9 Å². The predicted octanol–water partition coefficient (Wildman–Crippen LogP) is 3.99. The predicted molar refractivity (Wildman–Crippen MR) is 118 cm³/mol. The first-order valence-corrected chi connectivity index (χ1v) is 12.2. The first-order chi connectivity index (χ1) is 13.9. The molecule has 1 amide bonds. The smallest absolute Gasteiger partial charge is 0.243 e. The van der Waals surface area contributed by atoms with Gasteiger partial charge in [0.05, 0.1) is 4.90 Å². The Balaban J connectivity index is 1.48. The van der Waals surface area contributed by atoms with Crippen LogP contribution in [0.5, 0.6) is 0 Å². The molecule has 0 unspecified atom stereocenters. The number of carbonyl (C=O) groups excluding carboxylic acids is 1. The minimum atomic E-state index is -3.51. The zero-order valence-corrected chi connectivity index (χ0v) is 19.0. The standard InChI is InChI=1S/C22H27BrN2O3S/c1-17(7-8-18-5-3-2-4-6-18)24-22(26)19-13-15-25(16-14-19)29(27,28)21-11-9-20(23)10-12-21/h2-6,9-12,17,19H,7-8,13-16H2,1H3,(H,24,26)/t17-/m0/s1. The molecule has 1 N–H and O–H groups in total. The van der Waals surface area contributed by atoms with E-state index in [0.717, 1.165) is 17.3 Å². The number of hydrogen-bond donors (Lipinski definition) is 1. The Labute approximate surface area is 181 Å². The first-order valence-electron chi connectivity index (χ1n) is 9.96. The van der Waals surface area contributed by atoms with Gasteiger partial charge in [-0.25, -0.2) is 8.42 Å². The second kappa shape index (κ2) is 9.87. The lowest BCUT2D eigenvalue weighted by Gasteiger charge is -2.31. The van der Waals surface area contributed by atoms with E-state index in [9.17, 15) is 13.2 Å². The maximum atomic E-state index is 12.8. The fourth-order valence-electron chi connectivity index (χ4n) is 3.57. The van der Waals surface area contributed by atoms with Crippen molar-refractivity contribution in [3.8, 4) is 0 Å². The van der Waals surface area contributed by atoms with E-state index in [-0.39, 0.29) is 22.8 Å². The number of halogens is 1. The van der Waals surface area contributed by atoms with Gasteiger partial charge in [0, 0.05) is 29.5 Å². The Morgan fingerprint density at radius 1 is 1.10 bits per heavy atom. The van der Waals surface area contributed by atoms with E-state index in [1.54, 1.807) is 24.3 Å². The number of amides is 1. The largest absolute Gasteiger partial charge is 0.353 e. The maximum absolute atomic E-state index is 12.8. The third-order valence-corrected chi connectivity index (χ3v) is 7.82. The molecule has 3 rings (SSSR count). The lowest BCUT2D eigenvalue weighted by atomic mass is 9.96. The van der Waals surface area contributed by atoms with Gasteiger partial charge in [-0.15, -0.1) is 0 Å². The van der Waals surface area contributed by atoms with Crippen LogP contribution < -0.4 is 5.32 Å². The Morgan fingerprint density at radius 3 is 2.34 bits per heavy atom. The molecular weight excluding hydrogens is 452 g/mol. The SMILES string of the molecule is C[C@@H](CCc1ccccc1)NC(=O)C1CCN(S(=O)(=O)c2ccc(Br)cc2)CC1. The van der Waals surface area contributed by atoms with Crippen LogP contribution in [-0.4, -0.2) is 37.8 Å². The average molecular weight is 479 g/mol. The molecule has 1 atom stereocenters. The molecule has 0 radical (unpaired) electrons. The number of nitrogens with zero attached hydrogens (tertiary/aromatic N) is 1. The molecule has 0 aromatic heterocycles. The molecule has 1 heterocycles. The van der Waals surface area contributed by atoms with E-state index in [1.165, 1.54) is 9.87 Å². The molecule has 2 aromatic rings. The summed E-state index contributed by atoms with van der Waals surface area (Å²) in [7, 11) is -3.51. The maximum Gasteiger partial charge on any atom is 0.243 e. The Kier molecular flexibility index (Phi) is 7.49. The lowest BCUT2D eigenvalue weighted by molar-refractivity contribution is -0.126. The molecule has 29 heavy (non-hydrogen) atoms. The Morgan fingerprint density at radius 2 is 1.72 bits per heavy atom. The quantitative estimate of drug-likeness (QED) is 0.653. The molecule has 1 saturated heterocycles. The van der Waals surface area contributed by atoms with Crippen LogP contribution in [0, 0.1) is 5.92 Å². The summed E-state index contributed by atoms with van der Waals surface area (Å²) in [5.74, 6) is -0.100. The van der Waals surface area contributed by atoms with Gasteiger partial charge in [-0.05, 0) is 62.4 Å². The first kappa shape index (κ1) is 22.0. The number of benzene rings is 2. The number of piperidine rings is 1. The molecule has 5 nitrogen and oxygen atoms in total. The summed E-state index contributed by atoms with van der Waals surface area (Å²) < 4.78 is 27.9. The molecule has 0 aliphatic carbocycles. The number of nitrogens with one attached hydrogen (secondary N) is 1. The minimum Gasteiger partial charge on any atom is -0.353 e. The minimum absolute atomic E-state index is 0.0336. The average Bonchev–Trinajstić information content (AvgIpc) is 2.73. The van der Waals surface area contributed by atoms with Crippen LogP contribution in [0.2, 0.25) is 0 Å². The second-order valence-corrected chi connectivity index (χ2v) is 10.4. The van der Waals surface area contributed by atoms with Crippen molar-refractivity contribution in [3.05, 3.63) is 64.6 Å². The Bertz CT molecular complexity index is 909. The summed E-state index contributed by atoms with van der Waals surface area (Å²) in [6.45, 7) is 2.76. The highest BCUT2D eigenvalue weighted by atomic mass is 79.9. The lowest BCUT2D eigenvalue weighted by Crippen LogP contribution is -2.44. The highest BCUT2D eigenvalue weighted by Gasteiger charge is 2.32. The van der Waals surface area contributed by atoms with Gasteiger partial charge in [0.2, 0.25) is 15.9 Å². The van der Waals surface area contributed by atoms with E-state index in [4.69, 9.17) is 0 Å². The van der Waals surface area contributed by atoms with Gasteiger partial charge in [0.1, 0.15) is 0 Å². The van der Waals surface area contributed by atoms with Gasteiger partial charge in [0.25, 0.3) is 0 Å². The van der Waals surface area contributed by atoms with Crippen LogP contribution in [0.4, 0.5) is 0 Å². The van der Waals surface area contributed by atoms with E-state index < -0.39 is 10.0 Å². The van der Waals surface area contributed by atoms with Crippen molar-refractivity contribution in [1.82, 2.24) is 9.62 Å². The molecular formula is C22H27BrN2O3S. The third-order valence-electron chi connectivity index (χ3n) is 5.37. The summed E-state index contributed by atoms with van der Waals surface area (Å²) in [6.07, 6.45) is 2.90. The molecule has 1 fully saturated rings. The van der Waals surface area contributed by atoms with E-state index in [1.807, 2.05) is 25.1 Å². The summed E-state index contributed by atoms with van der Waals surface area (Å²) >= 11 is 3.32. The molecule has 0 bridgehead atoms. The van der Waals surface area contributed by atoms with Gasteiger partial charge in [-0.3, -0.25) is 4.79 Å². The van der Waals surface area contributed by atoms with Crippen LogP contribution in [0.3, 0.4) is 0 Å². The van der Waals surface area contributed by atoms with Gasteiger partial charge in [0.15, 0.2) is 0 Å². The van der Waals surface area contributed by atoms with Gasteiger partial charge in [-0.2, -0.15) is 4.31 Å². The van der Waals surface area contributed by atoms with Crippen LogP contribution in [0.25, 0.3) is 0 Å². The van der Waals surface area contributed by atoms with Gasteiger partial charge < -0.3 is 5.32 Å². The Hall–Kier alpha value is -1.70. The zero-order chi connectivity index (χ0) is 20.9. The third kappa shape index (κ3) is 5.90. The normalized spacial score (nSPS) is 17.0. The highest BCUT2D eigenvalue weighted by Crippen LogP contribution is 2.25. The van der Waals surface area contributed by atoms with Crippen molar-refractivity contribution in [2.75, 3.05) is 13.1 Å². The molecule has 156 valence electrons. The second-order valence-electron chi connectivity index (χ2n) is 7.57. The van der Waals surface area contributed by atoms with Crippen molar-refractivity contribution >= 4 is 31.9 Å². The molecule has 1 aliphatic rings. The molecule has 2 aromatic carbocycles. The molecule has 7 heteroatoms. The van der Waals surface area contributed by atoms with Crippen molar-refractivity contribution in [2.45, 2.75) is 43.5 Å². The summed E-state index contributed by atoms with van der Waals surface area (Å²) in [5, 5.41) is 3.10. The van der Waals surface area contributed by atoms with E-state index in [0.29, 0.717) is 25.9 Å². The summed E-state index contributed by atoms with van der Waals surface area (Å²) in [5.41, 5.74) is 1.26. The van der Waals surface area contributed by atoms with Crippen LogP contribution in [0.1, 0.15) is 31.7 Å². The van der Waals surface area contributed by atoms with E-state index in [2.05, 4.69) is 33.4 Å². The molecule has 0 spiro atoms. The van der Waals surface area contributed by atoms with Gasteiger partial charge in [-0.1, -0.05) is 46.3 Å². The zero-order valence-electron chi connectivity index (χ0n) is 16.6. The summed E-state index contributed by atoms with van der Waals surface area (Å²) in [4.78, 5) is 12.9. The summed E-state index contributed by atoms with van der Waals surface area (Å²) in [6, 6.07) is 17.0. The number of aryl methyl sites for hydroxylation is 1. The highest BCUT2D eigenvalue weighted by molar-refractivity contribution is 9.10. The topological polar surface area (TPSA) is 66.5 Å². The van der Waals surface area contributed by atoms with Crippen molar-refractivity contribution in [2.24, 2.45) is 5.92 Å². The fraction of sp³-hybridized carbons (Fsp3) is 0.409. The molecule has 0 saturated carbocycles. The van der Waals surface area contributed by atoms with Gasteiger partial charge >= 0.3 is 0 Å².